The lowest BCUT2D eigenvalue weighted by atomic mass is 10.0. The number of carbonyl (C=O) groups excluding carboxylic acids is 1. The number of rotatable bonds is 6. The first kappa shape index (κ1) is 21.2. The maximum atomic E-state index is 13.0. The molecule has 0 saturated carbocycles. The molecule has 4 rings (SSSR count). The minimum absolute atomic E-state index is 0.123. The fourth-order valence-electron chi connectivity index (χ4n) is 3.63. The molecule has 1 aliphatic rings. The van der Waals surface area contributed by atoms with Crippen LogP contribution >= 0.6 is 0 Å². The van der Waals surface area contributed by atoms with Crippen molar-refractivity contribution in [2.75, 3.05) is 26.3 Å². The van der Waals surface area contributed by atoms with Crippen LogP contribution in [0.5, 0.6) is 0 Å². The van der Waals surface area contributed by atoms with Crippen molar-refractivity contribution in [3.63, 3.8) is 0 Å². The van der Waals surface area contributed by atoms with Gasteiger partial charge in [-0.25, -0.2) is 8.42 Å². The predicted molar refractivity (Wildman–Crippen MR) is 121 cm³/mol. The van der Waals surface area contributed by atoms with Crippen molar-refractivity contribution in [3.8, 4) is 0 Å². The highest BCUT2D eigenvalue weighted by Gasteiger charge is 2.28. The summed E-state index contributed by atoms with van der Waals surface area (Å²) in [5.74, 6) is -0.286. The zero-order valence-corrected chi connectivity index (χ0v) is 17.8. The van der Waals surface area contributed by atoms with Gasteiger partial charge in [-0.15, -0.1) is 0 Å². The SMILES string of the molecule is O=C(/C=C/c1cccc2ccccc12)NCc1ccccc1S(=O)(=O)N1CCOCC1. The Bertz CT molecular complexity index is 1210. The van der Waals surface area contributed by atoms with Gasteiger partial charge in [-0.05, 0) is 34.0 Å². The van der Waals surface area contributed by atoms with E-state index in [1.807, 2.05) is 42.5 Å². The summed E-state index contributed by atoms with van der Waals surface area (Å²) in [4.78, 5) is 12.6. The van der Waals surface area contributed by atoms with Crippen LogP contribution in [0.2, 0.25) is 0 Å². The van der Waals surface area contributed by atoms with Gasteiger partial charge in [-0.2, -0.15) is 4.31 Å². The van der Waals surface area contributed by atoms with Crippen molar-refractivity contribution in [1.29, 1.82) is 0 Å². The van der Waals surface area contributed by atoms with E-state index >= 15 is 0 Å². The van der Waals surface area contributed by atoms with Crippen LogP contribution in [-0.4, -0.2) is 44.9 Å². The molecule has 0 unspecified atom stereocenters. The van der Waals surface area contributed by atoms with Gasteiger partial charge in [0.1, 0.15) is 0 Å². The van der Waals surface area contributed by atoms with Gasteiger partial charge in [0.2, 0.25) is 15.9 Å². The molecule has 6 nitrogen and oxygen atoms in total. The highest BCUT2D eigenvalue weighted by Crippen LogP contribution is 2.22. The molecule has 1 fully saturated rings. The van der Waals surface area contributed by atoms with Crippen LogP contribution in [0.3, 0.4) is 0 Å². The normalized spacial score (nSPS) is 15.4. The van der Waals surface area contributed by atoms with E-state index in [4.69, 9.17) is 4.74 Å². The Labute approximate surface area is 182 Å². The first-order valence-corrected chi connectivity index (χ1v) is 11.6. The number of benzene rings is 3. The lowest BCUT2D eigenvalue weighted by Crippen LogP contribution is -2.41. The molecule has 1 saturated heterocycles. The minimum Gasteiger partial charge on any atom is -0.379 e. The molecule has 3 aromatic carbocycles. The molecule has 0 radical (unpaired) electrons. The van der Waals surface area contributed by atoms with Crippen molar-refractivity contribution in [2.45, 2.75) is 11.4 Å². The highest BCUT2D eigenvalue weighted by atomic mass is 32.2. The molecule has 7 heteroatoms. The average Bonchev–Trinajstić information content (AvgIpc) is 2.82. The van der Waals surface area contributed by atoms with E-state index in [0.29, 0.717) is 31.9 Å². The fraction of sp³-hybridized carbons (Fsp3) is 0.208. The van der Waals surface area contributed by atoms with Crippen molar-refractivity contribution in [2.24, 2.45) is 0 Å². The minimum atomic E-state index is -3.64. The van der Waals surface area contributed by atoms with E-state index in [1.165, 1.54) is 10.4 Å². The van der Waals surface area contributed by atoms with Crippen molar-refractivity contribution >= 4 is 32.8 Å². The van der Waals surface area contributed by atoms with Crippen LogP contribution in [0, 0.1) is 0 Å². The van der Waals surface area contributed by atoms with E-state index in [9.17, 15) is 13.2 Å². The first-order valence-electron chi connectivity index (χ1n) is 10.2. The fourth-order valence-corrected chi connectivity index (χ4v) is 5.26. The predicted octanol–water partition coefficient (Wildman–Crippen LogP) is 3.19. The Morgan fingerprint density at radius 2 is 1.68 bits per heavy atom. The third-order valence-corrected chi connectivity index (χ3v) is 7.25. The Kier molecular flexibility index (Phi) is 6.46. The third kappa shape index (κ3) is 4.85. The van der Waals surface area contributed by atoms with Crippen molar-refractivity contribution in [3.05, 3.63) is 83.9 Å². The number of sulfonamides is 1. The van der Waals surface area contributed by atoms with E-state index in [0.717, 1.165) is 16.3 Å². The molecule has 1 N–H and O–H groups in total. The topological polar surface area (TPSA) is 75.7 Å². The number of amides is 1. The summed E-state index contributed by atoms with van der Waals surface area (Å²) in [5.41, 5.74) is 1.50. The second-order valence-electron chi connectivity index (χ2n) is 7.24. The van der Waals surface area contributed by atoms with Gasteiger partial charge < -0.3 is 10.1 Å². The van der Waals surface area contributed by atoms with Crippen molar-refractivity contribution < 1.29 is 17.9 Å². The number of ether oxygens (including phenoxy) is 1. The number of nitrogens with one attached hydrogen (secondary N) is 1. The molecule has 160 valence electrons. The summed E-state index contributed by atoms with van der Waals surface area (Å²) >= 11 is 0. The smallest absolute Gasteiger partial charge is 0.244 e. The largest absolute Gasteiger partial charge is 0.379 e. The van der Waals surface area contributed by atoms with Gasteiger partial charge in [0.25, 0.3) is 0 Å². The van der Waals surface area contributed by atoms with Crippen LogP contribution in [0.25, 0.3) is 16.8 Å². The summed E-state index contributed by atoms with van der Waals surface area (Å²) in [5, 5.41) is 4.97. The molecule has 1 amide bonds. The molecule has 0 spiro atoms. The number of fused-ring (bicyclic) bond motifs is 1. The maximum Gasteiger partial charge on any atom is 0.244 e. The van der Waals surface area contributed by atoms with Gasteiger partial charge in [0.15, 0.2) is 0 Å². The number of carbonyl (C=O) groups is 1. The maximum absolute atomic E-state index is 13.0. The second kappa shape index (κ2) is 9.43. The summed E-state index contributed by atoms with van der Waals surface area (Å²) in [6, 6.07) is 20.7. The Balaban J connectivity index is 1.47. The van der Waals surface area contributed by atoms with E-state index < -0.39 is 10.0 Å². The molecule has 0 aromatic heterocycles. The van der Waals surface area contributed by atoms with E-state index in [1.54, 1.807) is 30.3 Å². The lowest BCUT2D eigenvalue weighted by molar-refractivity contribution is -0.116. The average molecular weight is 437 g/mol. The second-order valence-corrected chi connectivity index (χ2v) is 9.15. The molecule has 0 aliphatic carbocycles. The molecular weight excluding hydrogens is 412 g/mol. The number of hydrogen-bond donors (Lipinski definition) is 1. The third-order valence-electron chi connectivity index (χ3n) is 5.25. The highest BCUT2D eigenvalue weighted by molar-refractivity contribution is 7.89. The standard InChI is InChI=1S/C24H24N2O4S/c27-24(13-12-20-9-5-8-19-6-1-3-10-22(19)20)25-18-21-7-2-4-11-23(21)31(28,29)26-14-16-30-17-15-26/h1-13H,14-18H2,(H,25,27)/b13-12+. The molecule has 0 bridgehead atoms. The number of hydrogen-bond acceptors (Lipinski definition) is 4. The number of morpholine rings is 1. The van der Waals surface area contributed by atoms with Crippen LogP contribution in [-0.2, 0) is 26.1 Å². The van der Waals surface area contributed by atoms with Crippen molar-refractivity contribution in [1.82, 2.24) is 9.62 Å². The van der Waals surface area contributed by atoms with Gasteiger partial charge in [0.05, 0.1) is 18.1 Å². The summed E-state index contributed by atoms with van der Waals surface area (Å²) in [6.07, 6.45) is 3.24. The van der Waals surface area contributed by atoms with E-state index in [-0.39, 0.29) is 17.3 Å². The van der Waals surface area contributed by atoms with Gasteiger partial charge in [-0.3, -0.25) is 4.79 Å². The van der Waals surface area contributed by atoms with Crippen LogP contribution in [0.1, 0.15) is 11.1 Å². The Hall–Kier alpha value is -3.00. The van der Waals surface area contributed by atoms with E-state index in [2.05, 4.69) is 5.32 Å². The molecule has 1 aliphatic heterocycles. The Morgan fingerprint density at radius 1 is 0.968 bits per heavy atom. The summed E-state index contributed by atoms with van der Waals surface area (Å²) < 4.78 is 32.8. The zero-order valence-electron chi connectivity index (χ0n) is 17.0. The zero-order chi connectivity index (χ0) is 21.7. The molecule has 0 atom stereocenters. The van der Waals surface area contributed by atoms with Gasteiger partial charge >= 0.3 is 0 Å². The van der Waals surface area contributed by atoms with Gasteiger partial charge in [0, 0.05) is 25.7 Å². The monoisotopic (exact) mass is 436 g/mol. The van der Waals surface area contributed by atoms with Crippen LogP contribution in [0.15, 0.2) is 77.7 Å². The van der Waals surface area contributed by atoms with Crippen LogP contribution < -0.4 is 5.32 Å². The summed E-state index contributed by atoms with van der Waals surface area (Å²) in [6.45, 7) is 1.56. The lowest BCUT2D eigenvalue weighted by Gasteiger charge is -2.27. The molecule has 1 heterocycles. The quantitative estimate of drug-likeness (QED) is 0.602. The first-order chi connectivity index (χ1) is 15.1. The molecule has 31 heavy (non-hydrogen) atoms. The number of nitrogens with zero attached hydrogens (tertiary/aromatic N) is 1. The van der Waals surface area contributed by atoms with Crippen LogP contribution in [0.4, 0.5) is 0 Å². The Morgan fingerprint density at radius 3 is 2.52 bits per heavy atom. The summed E-state index contributed by atoms with van der Waals surface area (Å²) in [7, 11) is -3.64. The van der Waals surface area contributed by atoms with Gasteiger partial charge in [-0.1, -0.05) is 60.7 Å². The molecular formula is C24H24N2O4S. The molecule has 3 aromatic rings.